The second-order valence-electron chi connectivity index (χ2n) is 2.73. The highest BCUT2D eigenvalue weighted by Crippen LogP contribution is 2.19. The van der Waals surface area contributed by atoms with E-state index in [0.29, 0.717) is 11.3 Å². The van der Waals surface area contributed by atoms with Crippen LogP contribution in [0.15, 0.2) is 29.9 Å². The van der Waals surface area contributed by atoms with E-state index in [1.54, 1.807) is 26.2 Å². The van der Waals surface area contributed by atoms with Crippen LogP contribution in [0.2, 0.25) is 0 Å². The number of methoxy groups -OCH3 is 1. The molecule has 0 fully saturated rings. The smallest absolute Gasteiger partial charge is 0.190 e. The SMILES string of the molecule is C=Cc1sccc1C(=O)/C=C(\C)OC. The van der Waals surface area contributed by atoms with Crippen molar-refractivity contribution in [1.29, 1.82) is 0 Å². The Hall–Kier alpha value is -1.35. The van der Waals surface area contributed by atoms with Crippen molar-refractivity contribution in [1.82, 2.24) is 0 Å². The molecule has 0 aromatic carbocycles. The van der Waals surface area contributed by atoms with Gasteiger partial charge in [0.1, 0.15) is 0 Å². The summed E-state index contributed by atoms with van der Waals surface area (Å²) in [5.41, 5.74) is 0.682. The fraction of sp³-hybridized carbons (Fsp3) is 0.182. The van der Waals surface area contributed by atoms with E-state index in [-0.39, 0.29) is 5.78 Å². The summed E-state index contributed by atoms with van der Waals surface area (Å²) in [6.07, 6.45) is 3.17. The van der Waals surface area contributed by atoms with Gasteiger partial charge in [-0.25, -0.2) is 0 Å². The molecule has 0 aliphatic rings. The monoisotopic (exact) mass is 208 g/mol. The van der Waals surface area contributed by atoms with Crippen LogP contribution in [0.3, 0.4) is 0 Å². The molecule has 0 bridgehead atoms. The molecule has 0 aliphatic carbocycles. The minimum Gasteiger partial charge on any atom is -0.501 e. The van der Waals surface area contributed by atoms with Crippen molar-refractivity contribution in [3.63, 3.8) is 0 Å². The molecule has 0 unspecified atom stereocenters. The molecule has 0 saturated carbocycles. The standard InChI is InChI=1S/C11H12O2S/c1-4-11-9(5-6-14-11)10(12)7-8(2)13-3/h4-7H,1H2,2-3H3/b8-7+. The van der Waals surface area contributed by atoms with Crippen molar-refractivity contribution in [3.05, 3.63) is 40.3 Å². The summed E-state index contributed by atoms with van der Waals surface area (Å²) in [5, 5.41) is 1.88. The Kier molecular flexibility index (Phi) is 3.65. The normalized spacial score (nSPS) is 11.1. The summed E-state index contributed by atoms with van der Waals surface area (Å²) in [6.45, 7) is 5.40. The summed E-state index contributed by atoms with van der Waals surface area (Å²) in [6, 6.07) is 1.80. The van der Waals surface area contributed by atoms with Gasteiger partial charge in [-0.15, -0.1) is 11.3 Å². The van der Waals surface area contributed by atoms with Crippen molar-refractivity contribution in [2.75, 3.05) is 7.11 Å². The van der Waals surface area contributed by atoms with E-state index in [0.717, 1.165) is 4.88 Å². The van der Waals surface area contributed by atoms with Crippen LogP contribution in [0.25, 0.3) is 6.08 Å². The molecule has 0 radical (unpaired) electrons. The van der Waals surface area contributed by atoms with Gasteiger partial charge >= 0.3 is 0 Å². The van der Waals surface area contributed by atoms with E-state index in [2.05, 4.69) is 6.58 Å². The second-order valence-corrected chi connectivity index (χ2v) is 3.67. The number of carbonyl (C=O) groups is 1. The first-order valence-electron chi connectivity index (χ1n) is 4.15. The first-order chi connectivity index (χ1) is 6.69. The van der Waals surface area contributed by atoms with Crippen molar-refractivity contribution < 1.29 is 9.53 Å². The summed E-state index contributed by atoms with van der Waals surface area (Å²) in [7, 11) is 1.54. The summed E-state index contributed by atoms with van der Waals surface area (Å²) < 4.78 is 4.91. The molecule has 1 heterocycles. The second kappa shape index (κ2) is 4.77. The predicted molar refractivity (Wildman–Crippen MR) is 59.5 cm³/mol. The summed E-state index contributed by atoms with van der Waals surface area (Å²) in [4.78, 5) is 12.6. The lowest BCUT2D eigenvalue weighted by Gasteiger charge is -1.98. The van der Waals surface area contributed by atoms with Gasteiger partial charge in [-0.1, -0.05) is 12.7 Å². The summed E-state index contributed by atoms with van der Waals surface area (Å²) >= 11 is 1.50. The number of hydrogen-bond donors (Lipinski definition) is 0. The quantitative estimate of drug-likeness (QED) is 0.431. The first kappa shape index (κ1) is 10.7. The highest BCUT2D eigenvalue weighted by molar-refractivity contribution is 7.11. The Labute approximate surface area is 87.5 Å². The molecule has 0 saturated heterocycles. The molecule has 1 rings (SSSR count). The fourth-order valence-corrected chi connectivity index (χ4v) is 1.75. The average Bonchev–Trinajstić information content (AvgIpc) is 2.65. The minimum absolute atomic E-state index is 0.0412. The van der Waals surface area contributed by atoms with Gasteiger partial charge in [0.2, 0.25) is 0 Å². The van der Waals surface area contributed by atoms with Gasteiger partial charge in [-0.2, -0.15) is 0 Å². The number of ether oxygens (including phenoxy) is 1. The third kappa shape index (κ3) is 2.33. The molecular formula is C11H12O2S. The van der Waals surface area contributed by atoms with E-state index >= 15 is 0 Å². The van der Waals surface area contributed by atoms with Crippen LogP contribution in [-0.4, -0.2) is 12.9 Å². The molecule has 0 atom stereocenters. The lowest BCUT2D eigenvalue weighted by molar-refractivity contribution is 0.104. The number of carbonyl (C=O) groups excluding carboxylic acids is 1. The lowest BCUT2D eigenvalue weighted by atomic mass is 10.1. The van der Waals surface area contributed by atoms with Gasteiger partial charge in [-0.05, 0) is 18.4 Å². The van der Waals surface area contributed by atoms with Gasteiger partial charge in [0, 0.05) is 16.5 Å². The van der Waals surface area contributed by atoms with Crippen LogP contribution in [-0.2, 0) is 4.74 Å². The predicted octanol–water partition coefficient (Wildman–Crippen LogP) is 3.12. The van der Waals surface area contributed by atoms with Gasteiger partial charge in [0.15, 0.2) is 5.78 Å². The Balaban J connectivity index is 2.95. The third-order valence-electron chi connectivity index (χ3n) is 1.80. The van der Waals surface area contributed by atoms with E-state index in [1.807, 2.05) is 5.38 Å². The largest absolute Gasteiger partial charge is 0.501 e. The Morgan fingerprint density at radius 2 is 2.36 bits per heavy atom. The molecule has 0 N–H and O–H groups in total. The average molecular weight is 208 g/mol. The first-order valence-corrected chi connectivity index (χ1v) is 5.03. The number of hydrogen-bond acceptors (Lipinski definition) is 3. The van der Waals surface area contributed by atoms with E-state index in [1.165, 1.54) is 17.4 Å². The van der Waals surface area contributed by atoms with Crippen molar-refractivity contribution >= 4 is 23.2 Å². The van der Waals surface area contributed by atoms with E-state index in [9.17, 15) is 4.79 Å². The third-order valence-corrected chi connectivity index (χ3v) is 2.72. The molecule has 1 aromatic rings. The van der Waals surface area contributed by atoms with Crippen LogP contribution in [0.1, 0.15) is 22.2 Å². The van der Waals surface area contributed by atoms with Gasteiger partial charge in [0.25, 0.3) is 0 Å². The molecule has 0 aliphatic heterocycles. The van der Waals surface area contributed by atoms with E-state index in [4.69, 9.17) is 4.74 Å². The highest BCUT2D eigenvalue weighted by Gasteiger charge is 2.08. The van der Waals surface area contributed by atoms with Gasteiger partial charge in [-0.3, -0.25) is 4.79 Å². The van der Waals surface area contributed by atoms with Crippen LogP contribution in [0.4, 0.5) is 0 Å². The molecule has 14 heavy (non-hydrogen) atoms. The molecule has 0 amide bonds. The molecular weight excluding hydrogens is 196 g/mol. The molecule has 1 aromatic heterocycles. The van der Waals surface area contributed by atoms with Crippen molar-refractivity contribution in [2.45, 2.75) is 6.92 Å². The Morgan fingerprint density at radius 3 is 2.93 bits per heavy atom. The topological polar surface area (TPSA) is 26.3 Å². The number of thiophene rings is 1. The van der Waals surface area contributed by atoms with Crippen LogP contribution in [0, 0.1) is 0 Å². The lowest BCUT2D eigenvalue weighted by Crippen LogP contribution is -1.96. The Morgan fingerprint density at radius 1 is 1.64 bits per heavy atom. The van der Waals surface area contributed by atoms with E-state index < -0.39 is 0 Å². The van der Waals surface area contributed by atoms with Gasteiger partial charge < -0.3 is 4.74 Å². The molecule has 0 spiro atoms. The van der Waals surface area contributed by atoms with Crippen molar-refractivity contribution in [3.8, 4) is 0 Å². The van der Waals surface area contributed by atoms with Crippen LogP contribution in [0.5, 0.6) is 0 Å². The minimum atomic E-state index is -0.0412. The molecule has 74 valence electrons. The maximum absolute atomic E-state index is 11.7. The highest BCUT2D eigenvalue weighted by atomic mass is 32.1. The number of ketones is 1. The maximum atomic E-state index is 11.7. The maximum Gasteiger partial charge on any atom is 0.190 e. The fourth-order valence-electron chi connectivity index (χ4n) is 1.00. The number of rotatable bonds is 4. The molecule has 2 nitrogen and oxygen atoms in total. The summed E-state index contributed by atoms with van der Waals surface area (Å²) in [5.74, 6) is 0.566. The Bertz CT molecular complexity index is 374. The zero-order valence-electron chi connectivity index (χ0n) is 8.24. The zero-order chi connectivity index (χ0) is 10.6. The number of allylic oxidation sites excluding steroid dienone is 2. The van der Waals surface area contributed by atoms with Crippen molar-refractivity contribution in [2.24, 2.45) is 0 Å². The molecule has 3 heteroatoms. The van der Waals surface area contributed by atoms with Crippen LogP contribution >= 0.6 is 11.3 Å². The zero-order valence-corrected chi connectivity index (χ0v) is 9.06. The van der Waals surface area contributed by atoms with Crippen LogP contribution < -0.4 is 0 Å². The van der Waals surface area contributed by atoms with Gasteiger partial charge in [0.05, 0.1) is 12.9 Å².